The third-order valence-corrected chi connectivity index (χ3v) is 4.66. The van der Waals surface area contributed by atoms with Crippen LogP contribution >= 0.6 is 11.6 Å². The van der Waals surface area contributed by atoms with Gasteiger partial charge < -0.3 is 9.84 Å². The van der Waals surface area contributed by atoms with Gasteiger partial charge in [0, 0.05) is 6.61 Å². The molecule has 20 heavy (non-hydrogen) atoms. The van der Waals surface area contributed by atoms with E-state index in [9.17, 15) is 14.3 Å². The molecule has 108 valence electrons. The van der Waals surface area contributed by atoms with Crippen LogP contribution in [-0.4, -0.2) is 23.8 Å². The number of halogens is 2. The lowest BCUT2D eigenvalue weighted by Crippen LogP contribution is -2.42. The molecule has 0 bridgehead atoms. The van der Waals surface area contributed by atoms with E-state index < -0.39 is 17.2 Å². The lowest BCUT2D eigenvalue weighted by molar-refractivity contribution is -0.153. The zero-order valence-corrected chi connectivity index (χ0v) is 11.7. The summed E-state index contributed by atoms with van der Waals surface area (Å²) in [5.41, 5.74) is -0.155. The first-order valence-corrected chi connectivity index (χ1v) is 7.20. The molecule has 3 rings (SSSR count). The van der Waals surface area contributed by atoms with Gasteiger partial charge in [0.15, 0.2) is 0 Å². The number of ether oxygens (including phenoxy) is 1. The molecule has 5 heteroatoms. The van der Waals surface area contributed by atoms with Gasteiger partial charge in [0.1, 0.15) is 11.2 Å². The van der Waals surface area contributed by atoms with E-state index in [2.05, 4.69) is 0 Å². The van der Waals surface area contributed by atoms with Crippen LogP contribution in [0.4, 0.5) is 4.39 Å². The van der Waals surface area contributed by atoms with Crippen LogP contribution in [0.5, 0.6) is 0 Å². The van der Waals surface area contributed by atoms with Crippen LogP contribution in [0.15, 0.2) is 18.2 Å². The Hall–Kier alpha value is -1.13. The molecular weight excluding hydrogens is 283 g/mol. The summed E-state index contributed by atoms with van der Waals surface area (Å²) in [5, 5.41) is 9.74. The van der Waals surface area contributed by atoms with Crippen molar-refractivity contribution in [2.45, 2.75) is 31.8 Å². The quantitative estimate of drug-likeness (QED) is 0.928. The van der Waals surface area contributed by atoms with E-state index in [0.29, 0.717) is 25.4 Å². The Labute approximate surface area is 121 Å². The zero-order chi connectivity index (χ0) is 14.3. The fourth-order valence-corrected chi connectivity index (χ4v) is 3.37. The minimum atomic E-state index is -0.900. The normalized spacial score (nSPS) is 29.6. The number of rotatable bonds is 4. The molecule has 0 aromatic heterocycles. The van der Waals surface area contributed by atoms with Crippen molar-refractivity contribution in [3.63, 3.8) is 0 Å². The summed E-state index contributed by atoms with van der Waals surface area (Å²) in [6.45, 7) is 0.475. The molecule has 3 nitrogen and oxygen atoms in total. The number of hydrogen-bond donors (Lipinski definition) is 1. The van der Waals surface area contributed by atoms with Gasteiger partial charge in [-0.25, -0.2) is 4.39 Å². The second-order valence-electron chi connectivity index (χ2n) is 5.77. The lowest BCUT2D eigenvalue weighted by atomic mass is 9.74. The number of aliphatic carboxylic acids is 1. The summed E-state index contributed by atoms with van der Waals surface area (Å²) in [6, 6.07) is 4.41. The molecule has 1 saturated carbocycles. The summed E-state index contributed by atoms with van der Waals surface area (Å²) in [5.74, 6) is -0.960. The van der Waals surface area contributed by atoms with Gasteiger partial charge in [0.25, 0.3) is 0 Å². The van der Waals surface area contributed by atoms with Crippen LogP contribution in [0, 0.1) is 17.2 Å². The third-order valence-electron chi connectivity index (χ3n) is 4.37. The standard InChI is InChI=1S/C15H16ClFO3/c16-11-7-9(1-4-12(11)17)8-15(14(18)19)5-6-20-13(15)10-2-3-10/h1,4,7,10,13H,2-3,5-6,8H2,(H,18,19). The Kier molecular flexibility index (Phi) is 3.46. The number of carboxylic acid groups (broad SMARTS) is 1. The monoisotopic (exact) mass is 298 g/mol. The maximum atomic E-state index is 13.2. The predicted octanol–water partition coefficient (Wildman–Crippen LogP) is 3.29. The zero-order valence-electron chi connectivity index (χ0n) is 10.9. The first-order chi connectivity index (χ1) is 9.53. The average Bonchev–Trinajstić information content (AvgIpc) is 3.15. The molecule has 1 aromatic carbocycles. The third kappa shape index (κ3) is 2.31. The van der Waals surface area contributed by atoms with Gasteiger partial charge >= 0.3 is 5.97 Å². The largest absolute Gasteiger partial charge is 0.481 e. The molecule has 2 aliphatic rings. The van der Waals surface area contributed by atoms with Crippen LogP contribution in [-0.2, 0) is 16.0 Å². The van der Waals surface area contributed by atoms with Crippen molar-refractivity contribution in [1.29, 1.82) is 0 Å². The van der Waals surface area contributed by atoms with Crippen molar-refractivity contribution < 1.29 is 19.0 Å². The highest BCUT2D eigenvalue weighted by molar-refractivity contribution is 6.30. The Morgan fingerprint density at radius 3 is 2.85 bits per heavy atom. The molecule has 2 atom stereocenters. The first-order valence-electron chi connectivity index (χ1n) is 6.82. The van der Waals surface area contributed by atoms with Crippen molar-refractivity contribution in [2.24, 2.45) is 11.3 Å². The number of hydrogen-bond acceptors (Lipinski definition) is 2. The van der Waals surface area contributed by atoms with Crippen molar-refractivity contribution >= 4 is 17.6 Å². The van der Waals surface area contributed by atoms with E-state index in [4.69, 9.17) is 16.3 Å². The Morgan fingerprint density at radius 1 is 1.50 bits per heavy atom. The highest BCUT2D eigenvalue weighted by Gasteiger charge is 2.55. The minimum Gasteiger partial charge on any atom is -0.481 e. The number of carbonyl (C=O) groups is 1. The molecule has 1 aromatic rings. The SMILES string of the molecule is O=C(O)C1(Cc2ccc(F)c(Cl)c2)CCOC1C1CC1. The Morgan fingerprint density at radius 2 is 2.25 bits per heavy atom. The average molecular weight is 299 g/mol. The Balaban J connectivity index is 1.90. The van der Waals surface area contributed by atoms with Crippen molar-refractivity contribution in [2.75, 3.05) is 6.61 Å². The fraction of sp³-hybridized carbons (Fsp3) is 0.533. The van der Waals surface area contributed by atoms with Gasteiger partial charge in [-0.2, -0.15) is 0 Å². The maximum absolute atomic E-state index is 13.2. The van der Waals surface area contributed by atoms with Gasteiger partial charge in [0.2, 0.25) is 0 Å². The summed E-state index contributed by atoms with van der Waals surface area (Å²) >= 11 is 5.78. The number of carboxylic acids is 1. The molecular formula is C15H16ClFO3. The minimum absolute atomic E-state index is 0.0323. The highest BCUT2D eigenvalue weighted by atomic mass is 35.5. The van der Waals surface area contributed by atoms with E-state index in [1.807, 2.05) is 0 Å². The van der Waals surface area contributed by atoms with Crippen LogP contribution in [0.2, 0.25) is 5.02 Å². The second kappa shape index (κ2) is 5.01. The van der Waals surface area contributed by atoms with E-state index in [-0.39, 0.29) is 11.1 Å². The van der Waals surface area contributed by atoms with Crippen molar-refractivity contribution in [3.05, 3.63) is 34.6 Å². The topological polar surface area (TPSA) is 46.5 Å². The van der Waals surface area contributed by atoms with Gasteiger partial charge in [-0.15, -0.1) is 0 Å². The van der Waals surface area contributed by atoms with E-state index in [1.165, 1.54) is 12.1 Å². The molecule has 1 aliphatic heterocycles. The highest BCUT2D eigenvalue weighted by Crippen LogP contribution is 2.49. The summed E-state index contributed by atoms with van der Waals surface area (Å²) in [4.78, 5) is 11.8. The second-order valence-corrected chi connectivity index (χ2v) is 6.17. The fourth-order valence-electron chi connectivity index (χ4n) is 3.16. The van der Waals surface area contributed by atoms with Crippen LogP contribution < -0.4 is 0 Å². The summed E-state index contributed by atoms with van der Waals surface area (Å²) in [6.07, 6.45) is 2.67. The summed E-state index contributed by atoms with van der Waals surface area (Å²) < 4.78 is 18.9. The smallest absolute Gasteiger partial charge is 0.312 e. The lowest BCUT2D eigenvalue weighted by Gasteiger charge is -2.30. The van der Waals surface area contributed by atoms with E-state index in [1.54, 1.807) is 6.07 Å². The van der Waals surface area contributed by atoms with Crippen LogP contribution in [0.25, 0.3) is 0 Å². The predicted molar refractivity (Wildman–Crippen MR) is 72.3 cm³/mol. The van der Waals surface area contributed by atoms with Crippen molar-refractivity contribution in [3.8, 4) is 0 Å². The van der Waals surface area contributed by atoms with Gasteiger partial charge in [-0.05, 0) is 49.3 Å². The summed E-state index contributed by atoms with van der Waals surface area (Å²) in [7, 11) is 0. The molecule has 0 amide bonds. The maximum Gasteiger partial charge on any atom is 0.312 e. The van der Waals surface area contributed by atoms with E-state index >= 15 is 0 Å². The van der Waals surface area contributed by atoms with Gasteiger partial charge in [0.05, 0.1) is 11.1 Å². The van der Waals surface area contributed by atoms with E-state index in [0.717, 1.165) is 18.4 Å². The molecule has 0 spiro atoms. The van der Waals surface area contributed by atoms with Crippen LogP contribution in [0.3, 0.4) is 0 Å². The number of benzene rings is 1. The molecule has 2 fully saturated rings. The van der Waals surface area contributed by atoms with Crippen LogP contribution in [0.1, 0.15) is 24.8 Å². The van der Waals surface area contributed by atoms with Gasteiger partial charge in [-0.1, -0.05) is 17.7 Å². The molecule has 1 N–H and O–H groups in total. The molecule has 0 radical (unpaired) electrons. The first kappa shape index (κ1) is 13.8. The molecule has 1 saturated heterocycles. The molecule has 1 aliphatic carbocycles. The molecule has 1 heterocycles. The Bertz CT molecular complexity index is 544. The molecule has 2 unspecified atom stereocenters. The van der Waals surface area contributed by atoms with Crippen molar-refractivity contribution in [1.82, 2.24) is 0 Å². The van der Waals surface area contributed by atoms with Gasteiger partial charge in [-0.3, -0.25) is 4.79 Å².